The zero-order chi connectivity index (χ0) is 7.28. The highest BCUT2D eigenvalue weighted by Gasteiger charge is 2.17. The van der Waals surface area contributed by atoms with Gasteiger partial charge in [0.2, 0.25) is 0 Å². The van der Waals surface area contributed by atoms with Gasteiger partial charge in [0.1, 0.15) is 0 Å². The van der Waals surface area contributed by atoms with Crippen molar-refractivity contribution in [2.24, 2.45) is 0 Å². The van der Waals surface area contributed by atoms with Crippen molar-refractivity contribution in [2.75, 3.05) is 0 Å². The molecular formula is C5H7BO3. The van der Waals surface area contributed by atoms with Crippen LogP contribution in [0.2, 0.25) is 0 Å². The molecule has 48 valence electrons. The van der Waals surface area contributed by atoms with Gasteiger partial charge in [-0.25, -0.2) is 0 Å². The van der Waals surface area contributed by atoms with Crippen LogP contribution in [0, 0.1) is 12.5 Å². The van der Waals surface area contributed by atoms with Gasteiger partial charge in [-0.3, -0.25) is 0 Å². The highest BCUT2D eigenvalue weighted by molar-refractivity contribution is 6.35. The summed E-state index contributed by atoms with van der Waals surface area (Å²) in [4.78, 5) is 0. The van der Waals surface area contributed by atoms with Crippen molar-refractivity contribution in [3.63, 3.8) is 0 Å². The van der Waals surface area contributed by atoms with E-state index in [1.807, 2.05) is 0 Å². The highest BCUT2D eigenvalue weighted by Crippen LogP contribution is 1.92. The molecule has 9 heavy (non-hydrogen) atoms. The predicted molar refractivity (Wildman–Crippen MR) is 33.8 cm³/mol. The lowest BCUT2D eigenvalue weighted by molar-refractivity contribution is 0.234. The van der Waals surface area contributed by atoms with Gasteiger partial charge < -0.3 is 14.3 Å². The summed E-state index contributed by atoms with van der Waals surface area (Å²) < 4.78 is 8.64. The topological polar surface area (TPSA) is 38.7 Å². The first-order chi connectivity index (χ1) is 4.16. The normalized spacial score (nSPS) is 7.22. The quantitative estimate of drug-likeness (QED) is 0.331. The molecule has 0 aromatic carbocycles. The van der Waals surface area contributed by atoms with Crippen LogP contribution >= 0.6 is 0 Å². The number of allylic oxidation sites excluding steroid dienone is 1. The lowest BCUT2D eigenvalue weighted by atomic mass is 10.2. The minimum Gasteiger partial charge on any atom is -0.505 e. The summed E-state index contributed by atoms with van der Waals surface area (Å²) in [5, 5.41) is 8.57. The van der Waals surface area contributed by atoms with E-state index in [4.69, 9.17) is 5.02 Å². The molecule has 1 N–H and O–H groups in total. The SMILES string of the molecule is C#COB(O)OC(=C)C. The third kappa shape index (κ3) is 4.78. The van der Waals surface area contributed by atoms with Gasteiger partial charge in [0.05, 0.1) is 11.9 Å². The Hall–Kier alpha value is -1.08. The third-order valence-electron chi connectivity index (χ3n) is 0.471. The van der Waals surface area contributed by atoms with Gasteiger partial charge in [0.25, 0.3) is 0 Å². The molecule has 0 saturated heterocycles. The van der Waals surface area contributed by atoms with Crippen LogP contribution in [0.4, 0.5) is 0 Å². The second-order valence-electron chi connectivity index (χ2n) is 1.36. The summed E-state index contributed by atoms with van der Waals surface area (Å²) in [7, 11) is -1.40. The van der Waals surface area contributed by atoms with E-state index in [1.165, 1.54) is 0 Å². The van der Waals surface area contributed by atoms with Crippen LogP contribution in [0.5, 0.6) is 0 Å². The van der Waals surface area contributed by atoms with Crippen LogP contribution < -0.4 is 0 Å². The van der Waals surface area contributed by atoms with E-state index in [1.54, 1.807) is 13.0 Å². The van der Waals surface area contributed by atoms with E-state index in [-0.39, 0.29) is 0 Å². The van der Waals surface area contributed by atoms with Gasteiger partial charge in [-0.1, -0.05) is 13.0 Å². The van der Waals surface area contributed by atoms with Crippen molar-refractivity contribution in [1.82, 2.24) is 0 Å². The molecule has 0 atom stereocenters. The second kappa shape index (κ2) is 3.87. The molecule has 0 heterocycles. The van der Waals surface area contributed by atoms with Crippen LogP contribution in [-0.2, 0) is 9.31 Å². The molecule has 0 aromatic heterocycles. The van der Waals surface area contributed by atoms with Gasteiger partial charge in [0, 0.05) is 0 Å². The molecule has 0 saturated carbocycles. The summed E-state index contributed by atoms with van der Waals surface area (Å²) in [6, 6.07) is 0. The Balaban J connectivity index is 3.40. The summed E-state index contributed by atoms with van der Waals surface area (Å²) >= 11 is 0. The summed E-state index contributed by atoms with van der Waals surface area (Å²) in [6.07, 6.45) is 6.42. The van der Waals surface area contributed by atoms with Crippen molar-refractivity contribution in [2.45, 2.75) is 6.92 Å². The monoisotopic (exact) mass is 126 g/mol. The molecule has 0 aromatic rings. The first kappa shape index (κ1) is 7.92. The maximum absolute atomic E-state index is 8.57. The Kier molecular flexibility index (Phi) is 3.41. The van der Waals surface area contributed by atoms with Crippen molar-refractivity contribution >= 4 is 7.32 Å². The Morgan fingerprint density at radius 3 is 2.78 bits per heavy atom. The van der Waals surface area contributed by atoms with E-state index in [0.717, 1.165) is 0 Å². The lowest BCUT2D eigenvalue weighted by Crippen LogP contribution is -2.18. The Labute approximate surface area is 54.5 Å². The van der Waals surface area contributed by atoms with Crippen molar-refractivity contribution in [1.29, 1.82) is 0 Å². The first-order valence-corrected chi connectivity index (χ1v) is 2.28. The average molecular weight is 126 g/mol. The van der Waals surface area contributed by atoms with Crippen LogP contribution in [0.15, 0.2) is 12.3 Å². The smallest absolute Gasteiger partial charge is 0.505 e. The molecule has 3 nitrogen and oxygen atoms in total. The van der Waals surface area contributed by atoms with Gasteiger partial charge >= 0.3 is 7.32 Å². The van der Waals surface area contributed by atoms with Crippen LogP contribution in [0.3, 0.4) is 0 Å². The molecule has 0 spiro atoms. The Bertz CT molecular complexity index is 138. The Morgan fingerprint density at radius 2 is 2.44 bits per heavy atom. The maximum atomic E-state index is 8.57. The fourth-order valence-corrected chi connectivity index (χ4v) is 0.254. The largest absolute Gasteiger partial charge is 0.793 e. The minimum absolute atomic E-state index is 0.345. The molecule has 4 heteroatoms. The van der Waals surface area contributed by atoms with Crippen molar-refractivity contribution in [3.05, 3.63) is 12.3 Å². The second-order valence-corrected chi connectivity index (χ2v) is 1.36. The number of terminal acetylenes is 1. The molecule has 0 fully saturated rings. The fraction of sp³-hybridized carbons (Fsp3) is 0.200. The zero-order valence-corrected chi connectivity index (χ0v) is 5.13. The van der Waals surface area contributed by atoms with E-state index < -0.39 is 7.32 Å². The number of hydrogen-bond donors (Lipinski definition) is 1. The van der Waals surface area contributed by atoms with Crippen LogP contribution in [-0.4, -0.2) is 12.3 Å². The van der Waals surface area contributed by atoms with E-state index in [0.29, 0.717) is 5.76 Å². The molecule has 0 unspecified atom stereocenters. The highest BCUT2D eigenvalue weighted by atomic mass is 16.7. The zero-order valence-electron chi connectivity index (χ0n) is 5.13. The van der Waals surface area contributed by atoms with Gasteiger partial charge in [-0.05, 0) is 6.92 Å². The Morgan fingerprint density at radius 1 is 1.89 bits per heavy atom. The summed E-state index contributed by atoms with van der Waals surface area (Å²) in [5.74, 6) is 0.345. The molecular weight excluding hydrogens is 119 g/mol. The van der Waals surface area contributed by atoms with Crippen LogP contribution in [0.1, 0.15) is 6.92 Å². The molecule has 0 rings (SSSR count). The molecule has 0 aliphatic carbocycles. The van der Waals surface area contributed by atoms with E-state index in [9.17, 15) is 0 Å². The van der Waals surface area contributed by atoms with Gasteiger partial charge in [-0.2, -0.15) is 0 Å². The maximum Gasteiger partial charge on any atom is 0.793 e. The average Bonchev–Trinajstić information content (AvgIpc) is 1.63. The number of rotatable bonds is 3. The van der Waals surface area contributed by atoms with E-state index in [2.05, 4.69) is 22.3 Å². The van der Waals surface area contributed by atoms with Crippen molar-refractivity contribution < 1.29 is 14.3 Å². The predicted octanol–water partition coefficient (Wildman–Crippen LogP) is 0.121. The van der Waals surface area contributed by atoms with Gasteiger partial charge in [-0.15, -0.1) is 0 Å². The van der Waals surface area contributed by atoms with Gasteiger partial charge in [0.15, 0.2) is 0 Å². The summed E-state index contributed by atoms with van der Waals surface area (Å²) in [6.45, 7) is 4.92. The van der Waals surface area contributed by atoms with Crippen molar-refractivity contribution in [3.8, 4) is 12.5 Å². The number of hydrogen-bond acceptors (Lipinski definition) is 3. The fourth-order valence-electron chi connectivity index (χ4n) is 0.254. The minimum atomic E-state index is -1.40. The molecule has 0 aliphatic rings. The molecule has 0 bridgehead atoms. The summed E-state index contributed by atoms with van der Waals surface area (Å²) in [5.41, 5.74) is 0. The van der Waals surface area contributed by atoms with Crippen LogP contribution in [0.25, 0.3) is 0 Å². The lowest BCUT2D eigenvalue weighted by Gasteiger charge is -2.03. The first-order valence-electron chi connectivity index (χ1n) is 2.28. The third-order valence-corrected chi connectivity index (χ3v) is 0.471. The molecule has 0 aliphatic heterocycles. The molecule has 0 radical (unpaired) electrons. The standard InChI is InChI=1S/C5H7BO3/c1-4-8-6(7)9-5(2)3/h1,7H,2H2,3H3. The van der Waals surface area contributed by atoms with E-state index >= 15 is 0 Å². The molecule has 0 amide bonds.